The maximum absolute atomic E-state index is 12.1. The van der Waals surface area contributed by atoms with Crippen molar-refractivity contribution in [1.29, 1.82) is 0 Å². The molecular weight excluding hydrogens is 298 g/mol. The third kappa shape index (κ3) is 4.23. The lowest BCUT2D eigenvalue weighted by atomic mass is 9.76. The van der Waals surface area contributed by atoms with Crippen molar-refractivity contribution in [1.82, 2.24) is 14.9 Å². The number of likely N-dealkylation sites (tertiary alicyclic amines) is 1. The molecule has 7 heteroatoms. The molecule has 1 aliphatic heterocycles. The van der Waals surface area contributed by atoms with Gasteiger partial charge in [-0.05, 0) is 39.5 Å². The lowest BCUT2D eigenvalue weighted by molar-refractivity contribution is -0.0687. The Balaban J connectivity index is 2.01. The molecule has 0 saturated carbocycles. The van der Waals surface area contributed by atoms with Crippen LogP contribution in [0.2, 0.25) is 0 Å². The maximum Gasteiger partial charge on any atom is 0.410 e. The summed E-state index contributed by atoms with van der Waals surface area (Å²) in [6.45, 7) is 6.48. The molecule has 1 aromatic heterocycles. The van der Waals surface area contributed by atoms with E-state index in [4.69, 9.17) is 4.74 Å². The molecule has 1 aliphatic rings. The van der Waals surface area contributed by atoms with Crippen molar-refractivity contribution in [3.8, 4) is 0 Å². The van der Waals surface area contributed by atoms with Crippen LogP contribution in [0.25, 0.3) is 0 Å². The first kappa shape index (κ1) is 17.7. The van der Waals surface area contributed by atoms with Gasteiger partial charge in [0, 0.05) is 26.1 Å². The minimum absolute atomic E-state index is 0.0474. The van der Waals surface area contributed by atoms with Crippen LogP contribution in [-0.4, -0.2) is 56.5 Å². The first-order valence-corrected chi connectivity index (χ1v) is 8.06. The van der Waals surface area contributed by atoms with Crippen molar-refractivity contribution in [2.45, 2.75) is 51.2 Å². The minimum Gasteiger partial charge on any atom is -0.444 e. The number of aliphatic hydroxyl groups excluding tert-OH is 1. The van der Waals surface area contributed by atoms with Crippen LogP contribution in [0.4, 0.5) is 4.79 Å². The van der Waals surface area contributed by atoms with Gasteiger partial charge in [0.1, 0.15) is 11.2 Å². The zero-order chi connectivity index (χ0) is 17.1. The van der Waals surface area contributed by atoms with Crippen molar-refractivity contribution in [3.63, 3.8) is 0 Å². The highest BCUT2D eigenvalue weighted by Crippen LogP contribution is 2.38. The van der Waals surface area contributed by atoms with E-state index in [0.29, 0.717) is 31.6 Å². The molecule has 1 unspecified atom stereocenters. The third-order valence-electron chi connectivity index (χ3n) is 4.28. The zero-order valence-electron chi connectivity index (χ0n) is 14.1. The molecule has 23 heavy (non-hydrogen) atoms. The first-order valence-electron chi connectivity index (χ1n) is 8.06. The number of aromatic nitrogens is 2. The second-order valence-electron chi connectivity index (χ2n) is 7.10. The Hall–Kier alpha value is -1.60. The second-order valence-corrected chi connectivity index (χ2v) is 7.10. The average Bonchev–Trinajstić information content (AvgIpc) is 3.00. The summed E-state index contributed by atoms with van der Waals surface area (Å²) in [7, 11) is 0. The Labute approximate surface area is 136 Å². The van der Waals surface area contributed by atoms with Crippen molar-refractivity contribution < 1.29 is 19.7 Å². The van der Waals surface area contributed by atoms with Gasteiger partial charge in [0.15, 0.2) is 0 Å². The molecule has 1 aromatic rings. The van der Waals surface area contributed by atoms with E-state index in [1.807, 2.05) is 20.8 Å². The van der Waals surface area contributed by atoms with Crippen molar-refractivity contribution in [3.05, 3.63) is 18.2 Å². The van der Waals surface area contributed by atoms with E-state index >= 15 is 0 Å². The summed E-state index contributed by atoms with van der Waals surface area (Å²) in [4.78, 5) is 20.7. The van der Waals surface area contributed by atoms with Crippen LogP contribution in [0.15, 0.2) is 12.5 Å². The lowest BCUT2D eigenvalue weighted by Crippen LogP contribution is -2.47. The molecule has 2 heterocycles. The van der Waals surface area contributed by atoms with Crippen LogP contribution >= 0.6 is 0 Å². The van der Waals surface area contributed by atoms with E-state index in [-0.39, 0.29) is 25.0 Å². The predicted octanol–water partition coefficient (Wildman–Crippen LogP) is 1.63. The number of ether oxygens (including phenoxy) is 1. The summed E-state index contributed by atoms with van der Waals surface area (Å²) in [6, 6.07) is 0. The van der Waals surface area contributed by atoms with Crippen molar-refractivity contribution >= 4 is 6.09 Å². The van der Waals surface area contributed by atoms with Crippen LogP contribution in [0, 0.1) is 5.92 Å². The highest BCUT2D eigenvalue weighted by Gasteiger charge is 2.41. The molecule has 130 valence electrons. The van der Waals surface area contributed by atoms with Gasteiger partial charge in [-0.3, -0.25) is 0 Å². The van der Waals surface area contributed by atoms with E-state index in [1.165, 1.54) is 6.33 Å². The summed E-state index contributed by atoms with van der Waals surface area (Å²) >= 11 is 0. The normalized spacial score (nSPS) is 19.4. The van der Waals surface area contributed by atoms with Gasteiger partial charge >= 0.3 is 6.09 Å². The molecule has 0 spiro atoms. The largest absolute Gasteiger partial charge is 0.444 e. The number of aromatic amines is 1. The van der Waals surface area contributed by atoms with E-state index in [0.717, 1.165) is 0 Å². The summed E-state index contributed by atoms with van der Waals surface area (Å²) < 4.78 is 5.39. The van der Waals surface area contributed by atoms with Crippen molar-refractivity contribution in [2.24, 2.45) is 5.92 Å². The van der Waals surface area contributed by atoms with E-state index in [2.05, 4.69) is 9.97 Å². The third-order valence-corrected chi connectivity index (χ3v) is 4.28. The number of amides is 1. The molecule has 0 aliphatic carbocycles. The number of hydrogen-bond acceptors (Lipinski definition) is 5. The fraction of sp³-hybridized carbons (Fsp3) is 0.750. The van der Waals surface area contributed by atoms with Crippen LogP contribution in [0.3, 0.4) is 0 Å². The highest BCUT2D eigenvalue weighted by molar-refractivity contribution is 5.68. The van der Waals surface area contributed by atoms with Gasteiger partial charge in [0.05, 0.1) is 18.2 Å². The van der Waals surface area contributed by atoms with Crippen LogP contribution < -0.4 is 0 Å². The highest BCUT2D eigenvalue weighted by atomic mass is 16.6. The average molecular weight is 325 g/mol. The summed E-state index contributed by atoms with van der Waals surface area (Å²) in [5.74, 6) is -0.0474. The monoisotopic (exact) mass is 325 g/mol. The molecule has 0 aromatic carbocycles. The summed E-state index contributed by atoms with van der Waals surface area (Å²) in [5.41, 5.74) is -1.05. The Morgan fingerprint density at radius 2 is 2.09 bits per heavy atom. The number of H-pyrrole nitrogens is 1. The standard InChI is InChI=1S/C16H27N3O4/c1-15(2,3)23-14(21)19-7-4-12(5-8-19)16(22,6-9-20)13-10-17-11-18-13/h10-12,20,22H,4-9H2,1-3H3,(H,17,18). The van der Waals surface area contributed by atoms with E-state index < -0.39 is 11.2 Å². The van der Waals surface area contributed by atoms with Gasteiger partial charge in [-0.1, -0.05) is 0 Å². The molecule has 3 N–H and O–H groups in total. The first-order chi connectivity index (χ1) is 10.8. The Morgan fingerprint density at radius 1 is 1.43 bits per heavy atom. The number of piperidine rings is 1. The molecule has 1 saturated heterocycles. The number of nitrogens with one attached hydrogen (secondary N) is 1. The number of imidazole rings is 1. The number of hydrogen-bond donors (Lipinski definition) is 3. The molecule has 0 radical (unpaired) electrons. The minimum atomic E-state index is -1.15. The Morgan fingerprint density at radius 3 is 2.57 bits per heavy atom. The van der Waals surface area contributed by atoms with Gasteiger partial charge in [0.2, 0.25) is 0 Å². The van der Waals surface area contributed by atoms with Crippen LogP contribution in [-0.2, 0) is 10.3 Å². The Bertz CT molecular complexity index is 504. The molecular formula is C16H27N3O4. The fourth-order valence-corrected chi connectivity index (χ4v) is 3.09. The van der Waals surface area contributed by atoms with E-state index in [1.54, 1.807) is 11.1 Å². The van der Waals surface area contributed by atoms with Gasteiger partial charge in [0.25, 0.3) is 0 Å². The number of carbonyl (C=O) groups is 1. The number of rotatable bonds is 4. The maximum atomic E-state index is 12.1. The topological polar surface area (TPSA) is 98.7 Å². The SMILES string of the molecule is CC(C)(C)OC(=O)N1CCC(C(O)(CCO)c2cnc[nH]2)CC1. The summed E-state index contributed by atoms with van der Waals surface area (Å²) in [5, 5.41) is 20.4. The lowest BCUT2D eigenvalue weighted by Gasteiger charge is -2.41. The number of aliphatic hydroxyl groups is 2. The summed E-state index contributed by atoms with van der Waals surface area (Å²) in [6.07, 6.45) is 4.34. The smallest absolute Gasteiger partial charge is 0.410 e. The number of nitrogens with zero attached hydrogens (tertiary/aromatic N) is 2. The molecule has 1 amide bonds. The molecule has 2 rings (SSSR count). The molecule has 1 fully saturated rings. The van der Waals surface area contributed by atoms with Gasteiger partial charge in [-0.2, -0.15) is 0 Å². The van der Waals surface area contributed by atoms with Crippen LogP contribution in [0.1, 0.15) is 45.7 Å². The van der Waals surface area contributed by atoms with Gasteiger partial charge in [-0.25, -0.2) is 9.78 Å². The van der Waals surface area contributed by atoms with Gasteiger partial charge in [-0.15, -0.1) is 0 Å². The van der Waals surface area contributed by atoms with Crippen molar-refractivity contribution in [2.75, 3.05) is 19.7 Å². The second kappa shape index (κ2) is 6.88. The zero-order valence-corrected chi connectivity index (χ0v) is 14.1. The van der Waals surface area contributed by atoms with Crippen LogP contribution in [0.5, 0.6) is 0 Å². The molecule has 1 atom stereocenters. The molecule has 7 nitrogen and oxygen atoms in total. The fourth-order valence-electron chi connectivity index (χ4n) is 3.09. The Kier molecular flexibility index (Phi) is 5.31. The molecule has 0 bridgehead atoms. The van der Waals surface area contributed by atoms with E-state index in [9.17, 15) is 15.0 Å². The van der Waals surface area contributed by atoms with Gasteiger partial charge < -0.3 is 24.8 Å². The number of carbonyl (C=O) groups excluding carboxylic acids is 1. The quantitative estimate of drug-likeness (QED) is 0.781. The predicted molar refractivity (Wildman–Crippen MR) is 84.7 cm³/mol.